The van der Waals surface area contributed by atoms with Gasteiger partial charge in [-0.25, -0.2) is 0 Å². The standard InChI is InChI=1S/Mo.3O.Ti.Zr/q;3*-2;;. The first-order valence-corrected chi connectivity index (χ1v) is 0. The van der Waals surface area contributed by atoms with E-state index in [-0.39, 0.29) is 85.4 Å². The van der Waals surface area contributed by atoms with Crippen molar-refractivity contribution in [2.24, 2.45) is 0 Å². The molecule has 0 aliphatic heterocycles. The first kappa shape index (κ1) is 89.4. The first-order valence-electron chi connectivity index (χ1n) is 0. The van der Waals surface area contributed by atoms with Crippen molar-refractivity contribution in [3.8, 4) is 0 Å². The van der Waals surface area contributed by atoms with Gasteiger partial charge in [-0.05, 0) is 0 Å². The van der Waals surface area contributed by atoms with Crippen molar-refractivity contribution in [2.45, 2.75) is 0 Å². The summed E-state index contributed by atoms with van der Waals surface area (Å²) in [4.78, 5) is 0. The van der Waals surface area contributed by atoms with Crippen LogP contribution in [0.3, 0.4) is 0 Å². The average molecular weight is 283 g/mol. The third-order valence-corrected chi connectivity index (χ3v) is 0. The van der Waals surface area contributed by atoms with Crippen molar-refractivity contribution in [2.75, 3.05) is 0 Å². The maximum Gasteiger partial charge on any atom is 0 e. The third-order valence-electron chi connectivity index (χ3n) is 0. The van der Waals surface area contributed by atoms with Crippen molar-refractivity contribution < 1.29 is 85.4 Å². The Labute approximate surface area is 84.5 Å². The van der Waals surface area contributed by atoms with E-state index in [1.165, 1.54) is 0 Å². The Morgan fingerprint density at radius 2 is 0.667 bits per heavy atom. The Morgan fingerprint density at radius 3 is 0.667 bits per heavy atom. The SMILES string of the molecule is [Mo].[O-2].[O-2].[O-2].[Ti].[Zr]. The summed E-state index contributed by atoms with van der Waals surface area (Å²) in [6, 6.07) is 0. The molecule has 0 radical (unpaired) electrons. The van der Waals surface area contributed by atoms with Gasteiger partial charge in [0.05, 0.1) is 0 Å². The van der Waals surface area contributed by atoms with E-state index in [0.29, 0.717) is 0 Å². The molecule has 0 saturated carbocycles. The second-order valence-electron chi connectivity index (χ2n) is 0. The molecule has 0 heterocycles. The van der Waals surface area contributed by atoms with Crippen LogP contribution in [-0.4, -0.2) is 0 Å². The Morgan fingerprint density at radius 1 is 0.667 bits per heavy atom. The summed E-state index contributed by atoms with van der Waals surface area (Å²) in [5.41, 5.74) is 0. The zero-order valence-electron chi connectivity index (χ0n) is 2.63. The zero-order chi connectivity index (χ0) is 0. The summed E-state index contributed by atoms with van der Waals surface area (Å²) in [6.45, 7) is 0. The monoisotopic (exact) mass is 284 g/mol. The molecule has 0 aliphatic carbocycles. The van der Waals surface area contributed by atoms with Crippen molar-refractivity contribution in [1.29, 1.82) is 0 Å². The Bertz CT molecular complexity index is 10.8. The second kappa shape index (κ2) is 58.1. The fourth-order valence-electron chi connectivity index (χ4n) is 0. The number of rotatable bonds is 0. The first-order chi connectivity index (χ1) is 0. The molecule has 0 bridgehead atoms. The molecule has 6 heavy (non-hydrogen) atoms. The van der Waals surface area contributed by atoms with E-state index in [9.17, 15) is 0 Å². The Balaban J connectivity index is 0. The van der Waals surface area contributed by atoms with Gasteiger partial charge in [-0.1, -0.05) is 0 Å². The number of hydrogen-bond donors (Lipinski definition) is 0. The minimum absolute atomic E-state index is 0. The van der Waals surface area contributed by atoms with Gasteiger partial charge >= 0.3 is 0 Å². The summed E-state index contributed by atoms with van der Waals surface area (Å²) in [7, 11) is 0. The molecule has 3 nitrogen and oxygen atoms in total. The van der Waals surface area contributed by atoms with Crippen molar-refractivity contribution in [1.82, 2.24) is 0 Å². The van der Waals surface area contributed by atoms with Gasteiger partial charge in [0.15, 0.2) is 0 Å². The Hall–Kier alpha value is 2.17. The summed E-state index contributed by atoms with van der Waals surface area (Å²) < 4.78 is 0. The van der Waals surface area contributed by atoms with Crippen LogP contribution in [-0.2, 0) is 85.4 Å². The van der Waals surface area contributed by atoms with Gasteiger partial charge in [0, 0.05) is 69.0 Å². The molecule has 0 atom stereocenters. The molecular formula is MoO3TiZr-6. The van der Waals surface area contributed by atoms with E-state index < -0.39 is 0 Å². The topological polar surface area (TPSA) is 85.5 Å². The molecule has 0 spiro atoms. The maximum atomic E-state index is 0. The van der Waals surface area contributed by atoms with Crippen molar-refractivity contribution in [3.05, 3.63) is 0 Å². The van der Waals surface area contributed by atoms with Crippen LogP contribution in [0.15, 0.2) is 0 Å². The van der Waals surface area contributed by atoms with Gasteiger partial charge in [-0.2, -0.15) is 0 Å². The van der Waals surface area contributed by atoms with Crippen LogP contribution in [0.5, 0.6) is 0 Å². The summed E-state index contributed by atoms with van der Waals surface area (Å²) in [5.74, 6) is 0. The quantitative estimate of drug-likeness (QED) is 0.543. The molecule has 0 aromatic heterocycles. The zero-order valence-corrected chi connectivity index (χ0v) is 8.66. The maximum absolute atomic E-state index is 0. The van der Waals surface area contributed by atoms with Gasteiger partial charge in [0.1, 0.15) is 0 Å². The van der Waals surface area contributed by atoms with E-state index >= 15 is 0 Å². The summed E-state index contributed by atoms with van der Waals surface area (Å²) in [6.07, 6.45) is 0. The molecule has 0 aromatic carbocycles. The molecule has 0 unspecified atom stereocenters. The van der Waals surface area contributed by atoms with Crippen LogP contribution < -0.4 is 0 Å². The van der Waals surface area contributed by atoms with E-state index in [1.807, 2.05) is 0 Å². The van der Waals surface area contributed by atoms with Crippen LogP contribution in [0.1, 0.15) is 0 Å². The van der Waals surface area contributed by atoms with Crippen LogP contribution in [0.2, 0.25) is 0 Å². The van der Waals surface area contributed by atoms with Gasteiger partial charge in [0.25, 0.3) is 0 Å². The normalized spacial score (nSPS) is 0. The van der Waals surface area contributed by atoms with Crippen molar-refractivity contribution >= 4 is 0 Å². The minimum atomic E-state index is 0. The van der Waals surface area contributed by atoms with E-state index in [2.05, 4.69) is 0 Å². The molecule has 0 amide bonds. The smallest absolute Gasteiger partial charge is 0 e. The summed E-state index contributed by atoms with van der Waals surface area (Å²) >= 11 is 0. The average Bonchev–Trinajstić information content (AvgIpc) is 0. The number of hydrogen-bond acceptors (Lipinski definition) is 0. The van der Waals surface area contributed by atoms with E-state index in [0.717, 1.165) is 0 Å². The molecule has 38 valence electrons. The van der Waals surface area contributed by atoms with E-state index in [1.54, 1.807) is 0 Å². The fourth-order valence-corrected chi connectivity index (χ4v) is 0. The summed E-state index contributed by atoms with van der Waals surface area (Å²) in [5, 5.41) is 0. The minimum Gasteiger partial charge on any atom is -2.00 e. The fraction of sp³-hybridized carbons (Fsp3) is 0. The molecule has 0 fully saturated rings. The van der Waals surface area contributed by atoms with E-state index in [4.69, 9.17) is 0 Å². The van der Waals surface area contributed by atoms with Gasteiger partial charge in [0.2, 0.25) is 0 Å². The largest absolute Gasteiger partial charge is 2.00 e. The molecule has 0 N–H and O–H groups in total. The molecular weight excluding hydrogens is 283 g/mol. The molecule has 6 heteroatoms. The van der Waals surface area contributed by atoms with Crippen LogP contribution in [0.25, 0.3) is 0 Å². The van der Waals surface area contributed by atoms with Gasteiger partial charge in [-0.3, -0.25) is 0 Å². The van der Waals surface area contributed by atoms with Crippen LogP contribution in [0, 0.1) is 0 Å². The molecule has 0 aliphatic rings. The van der Waals surface area contributed by atoms with Crippen LogP contribution >= 0.6 is 0 Å². The Kier molecular flexibility index (Phi) is 865. The third kappa shape index (κ3) is 35.1. The van der Waals surface area contributed by atoms with Gasteiger partial charge in [-0.15, -0.1) is 0 Å². The second-order valence-corrected chi connectivity index (χ2v) is 0. The molecule has 0 saturated heterocycles. The predicted molar refractivity (Wildman–Crippen MR) is 2.06 cm³/mol. The molecule has 0 rings (SSSR count). The van der Waals surface area contributed by atoms with Crippen molar-refractivity contribution in [3.63, 3.8) is 0 Å². The molecule has 0 aromatic rings. The predicted octanol–water partition coefficient (Wildman–Crippen LogP) is -0.364. The van der Waals surface area contributed by atoms with Gasteiger partial charge < -0.3 is 16.4 Å². The van der Waals surface area contributed by atoms with Crippen LogP contribution in [0.4, 0.5) is 0 Å².